The Kier molecular flexibility index (Phi) is 3.31. The summed E-state index contributed by atoms with van der Waals surface area (Å²) in [5, 5.41) is 0. The normalized spacial score (nSPS) is 21.4. The van der Waals surface area contributed by atoms with E-state index in [1.807, 2.05) is 0 Å². The van der Waals surface area contributed by atoms with Crippen LogP contribution in [0.4, 0.5) is 5.82 Å². The Hall–Kier alpha value is -0.990. The van der Waals surface area contributed by atoms with Gasteiger partial charge in [0, 0.05) is 18.4 Å². The molecule has 2 aliphatic carbocycles. The maximum atomic E-state index is 6.37. The fraction of sp³-hybridized carbons (Fsp3) is 0.800. The molecule has 0 unspecified atom stereocenters. The molecule has 0 amide bonds. The lowest BCUT2D eigenvalue weighted by Crippen LogP contribution is -2.12. The Bertz CT molecular complexity index is 412. The SMILES string of the molecule is CCCn1c(C2CCCC2)nc(C2CCC2)c1N. The fourth-order valence-corrected chi connectivity index (χ4v) is 3.44. The maximum absolute atomic E-state index is 6.37. The van der Waals surface area contributed by atoms with Gasteiger partial charge in [0.2, 0.25) is 0 Å². The second-order valence-electron chi connectivity index (χ2n) is 6.00. The lowest BCUT2D eigenvalue weighted by atomic mass is 9.83. The van der Waals surface area contributed by atoms with Gasteiger partial charge in [-0.1, -0.05) is 26.2 Å². The third-order valence-corrected chi connectivity index (χ3v) is 4.72. The molecule has 3 nitrogen and oxygen atoms in total. The van der Waals surface area contributed by atoms with Crippen molar-refractivity contribution in [3.8, 4) is 0 Å². The molecule has 3 heteroatoms. The van der Waals surface area contributed by atoms with Gasteiger partial charge in [0.15, 0.2) is 0 Å². The third kappa shape index (κ3) is 1.94. The summed E-state index contributed by atoms with van der Waals surface area (Å²) < 4.78 is 2.32. The van der Waals surface area contributed by atoms with E-state index in [1.54, 1.807) is 0 Å². The summed E-state index contributed by atoms with van der Waals surface area (Å²) in [6.45, 7) is 3.26. The number of anilines is 1. The van der Waals surface area contributed by atoms with E-state index in [-0.39, 0.29) is 0 Å². The molecule has 2 N–H and O–H groups in total. The van der Waals surface area contributed by atoms with Crippen molar-refractivity contribution in [1.29, 1.82) is 0 Å². The Balaban J connectivity index is 1.94. The lowest BCUT2D eigenvalue weighted by Gasteiger charge is -2.24. The van der Waals surface area contributed by atoms with Crippen LogP contribution in [-0.4, -0.2) is 9.55 Å². The molecular formula is C15H25N3. The summed E-state index contributed by atoms with van der Waals surface area (Å²) in [6.07, 6.45) is 10.4. The van der Waals surface area contributed by atoms with Gasteiger partial charge in [-0.2, -0.15) is 0 Å². The molecular weight excluding hydrogens is 222 g/mol. The molecule has 100 valence electrons. The number of nitrogens with zero attached hydrogens (tertiary/aromatic N) is 2. The molecule has 1 heterocycles. The third-order valence-electron chi connectivity index (χ3n) is 4.72. The van der Waals surface area contributed by atoms with Gasteiger partial charge in [-0.3, -0.25) is 0 Å². The minimum absolute atomic E-state index is 0.656. The zero-order valence-electron chi connectivity index (χ0n) is 11.5. The van der Waals surface area contributed by atoms with Gasteiger partial charge in [-0.25, -0.2) is 4.98 Å². The van der Waals surface area contributed by atoms with Crippen LogP contribution < -0.4 is 5.73 Å². The van der Waals surface area contributed by atoms with Gasteiger partial charge in [0.25, 0.3) is 0 Å². The molecule has 0 bridgehead atoms. The summed E-state index contributed by atoms with van der Waals surface area (Å²) in [5.74, 6) is 3.60. The highest BCUT2D eigenvalue weighted by Crippen LogP contribution is 2.42. The van der Waals surface area contributed by atoms with Crippen LogP contribution in [-0.2, 0) is 6.54 Å². The molecule has 2 aliphatic rings. The van der Waals surface area contributed by atoms with Gasteiger partial charge < -0.3 is 10.3 Å². The zero-order valence-corrected chi connectivity index (χ0v) is 11.5. The molecule has 0 aliphatic heterocycles. The van der Waals surface area contributed by atoms with Gasteiger partial charge in [0.05, 0.1) is 5.69 Å². The molecule has 0 saturated heterocycles. The summed E-state index contributed by atoms with van der Waals surface area (Å²) >= 11 is 0. The molecule has 0 atom stereocenters. The molecule has 0 radical (unpaired) electrons. The van der Waals surface area contributed by atoms with Crippen LogP contribution in [0.2, 0.25) is 0 Å². The first-order chi connectivity index (χ1) is 8.81. The topological polar surface area (TPSA) is 43.8 Å². The van der Waals surface area contributed by atoms with Crippen LogP contribution in [0.3, 0.4) is 0 Å². The second kappa shape index (κ2) is 4.94. The van der Waals surface area contributed by atoms with Crippen molar-refractivity contribution in [2.75, 3.05) is 5.73 Å². The van der Waals surface area contributed by atoms with E-state index in [2.05, 4.69) is 11.5 Å². The van der Waals surface area contributed by atoms with Gasteiger partial charge in [-0.15, -0.1) is 0 Å². The Morgan fingerprint density at radius 3 is 2.33 bits per heavy atom. The zero-order chi connectivity index (χ0) is 12.5. The van der Waals surface area contributed by atoms with E-state index in [4.69, 9.17) is 10.7 Å². The van der Waals surface area contributed by atoms with Crippen molar-refractivity contribution < 1.29 is 0 Å². The Labute approximate surface area is 110 Å². The standard InChI is InChI=1S/C15H25N3/c1-2-10-18-14(16)13(11-8-5-9-11)17-15(18)12-6-3-4-7-12/h11-12H,2-10,16H2,1H3. The van der Waals surface area contributed by atoms with Crippen molar-refractivity contribution in [2.45, 2.75) is 76.7 Å². The second-order valence-corrected chi connectivity index (χ2v) is 6.00. The highest BCUT2D eigenvalue weighted by atomic mass is 15.1. The monoisotopic (exact) mass is 247 g/mol. The van der Waals surface area contributed by atoms with E-state index in [1.165, 1.54) is 56.5 Å². The molecule has 3 rings (SSSR count). The van der Waals surface area contributed by atoms with Crippen molar-refractivity contribution in [2.24, 2.45) is 0 Å². The largest absolute Gasteiger partial charge is 0.384 e. The van der Waals surface area contributed by atoms with E-state index < -0.39 is 0 Å². The van der Waals surface area contributed by atoms with Crippen molar-refractivity contribution in [1.82, 2.24) is 9.55 Å². The first-order valence-corrected chi connectivity index (χ1v) is 7.67. The summed E-state index contributed by atoms with van der Waals surface area (Å²) in [5.41, 5.74) is 7.59. The van der Waals surface area contributed by atoms with Crippen LogP contribution in [0.1, 0.15) is 81.6 Å². The quantitative estimate of drug-likeness (QED) is 0.879. The van der Waals surface area contributed by atoms with Gasteiger partial charge in [-0.05, 0) is 32.1 Å². The minimum Gasteiger partial charge on any atom is -0.384 e. The van der Waals surface area contributed by atoms with Crippen LogP contribution in [0, 0.1) is 0 Å². The van der Waals surface area contributed by atoms with Crippen molar-refractivity contribution in [3.63, 3.8) is 0 Å². The highest BCUT2D eigenvalue weighted by Gasteiger charge is 2.30. The molecule has 1 aromatic heterocycles. The molecule has 0 aromatic carbocycles. The molecule has 18 heavy (non-hydrogen) atoms. The highest BCUT2D eigenvalue weighted by molar-refractivity contribution is 5.42. The van der Waals surface area contributed by atoms with Crippen molar-refractivity contribution >= 4 is 5.82 Å². The predicted molar refractivity (Wildman–Crippen MR) is 74.7 cm³/mol. The fourth-order valence-electron chi connectivity index (χ4n) is 3.44. The van der Waals surface area contributed by atoms with Crippen LogP contribution in [0.5, 0.6) is 0 Å². The summed E-state index contributed by atoms with van der Waals surface area (Å²) in [7, 11) is 0. The lowest BCUT2D eigenvalue weighted by molar-refractivity contribution is 0.412. The van der Waals surface area contributed by atoms with E-state index in [0.717, 1.165) is 18.8 Å². The number of hydrogen-bond acceptors (Lipinski definition) is 2. The van der Waals surface area contributed by atoms with E-state index in [9.17, 15) is 0 Å². The predicted octanol–water partition coefficient (Wildman–Crippen LogP) is 3.80. The Morgan fingerprint density at radius 1 is 1.11 bits per heavy atom. The summed E-state index contributed by atoms with van der Waals surface area (Å²) in [6, 6.07) is 0. The van der Waals surface area contributed by atoms with Gasteiger partial charge >= 0.3 is 0 Å². The average Bonchev–Trinajstić information content (AvgIpc) is 2.90. The number of aromatic nitrogens is 2. The molecule has 2 saturated carbocycles. The van der Waals surface area contributed by atoms with E-state index in [0.29, 0.717) is 11.8 Å². The first kappa shape index (κ1) is 12.1. The maximum Gasteiger partial charge on any atom is 0.127 e. The summed E-state index contributed by atoms with van der Waals surface area (Å²) in [4.78, 5) is 4.97. The smallest absolute Gasteiger partial charge is 0.127 e. The number of nitrogens with two attached hydrogens (primary N) is 1. The minimum atomic E-state index is 0.656. The van der Waals surface area contributed by atoms with Crippen molar-refractivity contribution in [3.05, 3.63) is 11.5 Å². The number of imidazole rings is 1. The van der Waals surface area contributed by atoms with Crippen LogP contribution in [0.15, 0.2) is 0 Å². The van der Waals surface area contributed by atoms with Crippen LogP contribution >= 0.6 is 0 Å². The molecule has 0 spiro atoms. The average molecular weight is 247 g/mol. The first-order valence-electron chi connectivity index (χ1n) is 7.67. The molecule has 1 aromatic rings. The number of hydrogen-bond donors (Lipinski definition) is 1. The number of nitrogen functional groups attached to an aromatic ring is 1. The van der Waals surface area contributed by atoms with E-state index >= 15 is 0 Å². The molecule has 2 fully saturated rings. The van der Waals surface area contributed by atoms with Crippen LogP contribution in [0.25, 0.3) is 0 Å². The number of rotatable bonds is 4. The Morgan fingerprint density at radius 2 is 1.78 bits per heavy atom. The van der Waals surface area contributed by atoms with Gasteiger partial charge in [0.1, 0.15) is 11.6 Å².